The normalized spacial score (nSPS) is 15.1. The van der Waals surface area contributed by atoms with Crippen LogP contribution in [0, 0.1) is 5.92 Å². The van der Waals surface area contributed by atoms with Crippen LogP contribution in [0.1, 0.15) is 31.4 Å². The van der Waals surface area contributed by atoms with Gasteiger partial charge in [-0.15, -0.1) is 0 Å². The van der Waals surface area contributed by atoms with Crippen molar-refractivity contribution in [2.75, 3.05) is 4.72 Å². The molecule has 2 N–H and O–H groups in total. The fourth-order valence-corrected chi connectivity index (χ4v) is 4.24. The molecule has 1 atom stereocenters. The molecule has 7 heteroatoms. The Balaban J connectivity index is 1.89. The Morgan fingerprint density at radius 1 is 1.28 bits per heavy atom. The summed E-state index contributed by atoms with van der Waals surface area (Å²) in [7, 11) is -4.71. The second kappa shape index (κ2) is 7.19. The van der Waals surface area contributed by atoms with Crippen LogP contribution in [0.2, 0.25) is 0 Å². The van der Waals surface area contributed by atoms with Crippen molar-refractivity contribution in [2.24, 2.45) is 5.92 Å². The van der Waals surface area contributed by atoms with Crippen molar-refractivity contribution in [2.45, 2.75) is 38.2 Å². The van der Waals surface area contributed by atoms with E-state index in [0.717, 1.165) is 17.5 Å². The van der Waals surface area contributed by atoms with Crippen molar-refractivity contribution in [3.05, 3.63) is 53.6 Å². The van der Waals surface area contributed by atoms with Crippen LogP contribution in [-0.4, -0.2) is 20.6 Å². The van der Waals surface area contributed by atoms with E-state index in [0.29, 0.717) is 35.0 Å². The Morgan fingerprint density at radius 3 is 2.80 bits per heavy atom. The quantitative estimate of drug-likeness (QED) is 0.776. The monoisotopic (exact) mass is 359 g/mol. The molecule has 0 fully saturated rings. The van der Waals surface area contributed by atoms with E-state index in [1.54, 1.807) is 30.3 Å². The molecular weight excluding hydrogens is 337 g/mol. The zero-order valence-electron chi connectivity index (χ0n) is 14.4. The van der Waals surface area contributed by atoms with Gasteiger partial charge in [0.2, 0.25) is 0 Å². The zero-order chi connectivity index (χ0) is 18.0. The molecule has 2 aromatic rings. The number of fused-ring (bicyclic) bond motifs is 1. The average Bonchev–Trinajstić information content (AvgIpc) is 2.95. The largest absolute Gasteiger partial charge is 0.491 e. The van der Waals surface area contributed by atoms with E-state index >= 15 is 0 Å². The number of hydrogen-bond donors (Lipinski definition) is 2. The minimum Gasteiger partial charge on any atom is -0.423 e. The van der Waals surface area contributed by atoms with Gasteiger partial charge in [-0.2, -0.15) is 0 Å². The second-order valence-corrected chi connectivity index (χ2v) is 8.16. The summed E-state index contributed by atoms with van der Waals surface area (Å²) in [6.45, 7) is 4.54. The lowest BCUT2D eigenvalue weighted by atomic mass is 9.79. The van der Waals surface area contributed by atoms with Crippen molar-refractivity contribution < 1.29 is 18.1 Å². The molecule has 1 aliphatic rings. The number of sulfonamides is 1. The lowest BCUT2D eigenvalue weighted by Crippen LogP contribution is -2.28. The van der Waals surface area contributed by atoms with Gasteiger partial charge in [0, 0.05) is 5.69 Å². The van der Waals surface area contributed by atoms with E-state index in [4.69, 9.17) is 4.65 Å². The van der Waals surface area contributed by atoms with Gasteiger partial charge in [-0.05, 0) is 47.1 Å². The average molecular weight is 359 g/mol. The molecule has 132 valence electrons. The van der Waals surface area contributed by atoms with Crippen LogP contribution in [0.3, 0.4) is 0 Å². The standard InChI is InChI=1S/C18H22BNO4S/c1-3-13(2)10-14-6-4-5-7-18(14)25(22,23)20-16-9-8-15-12-24-19(21)17(15)11-16/h4-9,11,13,20-21H,3,10,12H2,1-2H3. The first-order valence-corrected chi connectivity index (χ1v) is 9.92. The maximum absolute atomic E-state index is 12.9. The first kappa shape index (κ1) is 18.0. The Kier molecular flexibility index (Phi) is 5.17. The smallest absolute Gasteiger partial charge is 0.423 e. The molecule has 0 amide bonds. The lowest BCUT2D eigenvalue weighted by molar-refractivity contribution is 0.275. The molecule has 1 unspecified atom stereocenters. The van der Waals surface area contributed by atoms with E-state index in [1.165, 1.54) is 0 Å². The van der Waals surface area contributed by atoms with Crippen molar-refractivity contribution >= 4 is 28.3 Å². The van der Waals surface area contributed by atoms with Gasteiger partial charge in [0.1, 0.15) is 0 Å². The van der Waals surface area contributed by atoms with Gasteiger partial charge in [0.25, 0.3) is 10.0 Å². The van der Waals surface area contributed by atoms with Crippen LogP contribution in [0.5, 0.6) is 0 Å². The summed E-state index contributed by atoms with van der Waals surface area (Å²) in [5.41, 5.74) is 2.70. The van der Waals surface area contributed by atoms with Crippen LogP contribution in [0.25, 0.3) is 0 Å². The van der Waals surface area contributed by atoms with Crippen molar-refractivity contribution in [1.29, 1.82) is 0 Å². The molecule has 0 saturated carbocycles. The van der Waals surface area contributed by atoms with Gasteiger partial charge in [0.15, 0.2) is 0 Å². The SMILES string of the molecule is CCC(C)Cc1ccccc1S(=O)(=O)Nc1ccc2c(c1)B(O)OC2. The third-order valence-corrected chi connectivity index (χ3v) is 6.07. The van der Waals surface area contributed by atoms with Gasteiger partial charge in [-0.25, -0.2) is 8.42 Å². The predicted octanol–water partition coefficient (Wildman–Crippen LogP) is 2.29. The molecule has 0 radical (unpaired) electrons. The minimum atomic E-state index is -3.71. The summed E-state index contributed by atoms with van der Waals surface area (Å²) < 4.78 is 33.5. The molecule has 25 heavy (non-hydrogen) atoms. The van der Waals surface area contributed by atoms with Crippen LogP contribution < -0.4 is 10.2 Å². The van der Waals surface area contributed by atoms with E-state index < -0.39 is 17.1 Å². The summed E-state index contributed by atoms with van der Waals surface area (Å²) in [6.07, 6.45) is 1.70. The highest BCUT2D eigenvalue weighted by molar-refractivity contribution is 7.92. The van der Waals surface area contributed by atoms with E-state index in [9.17, 15) is 13.4 Å². The van der Waals surface area contributed by atoms with E-state index in [1.807, 2.05) is 12.1 Å². The van der Waals surface area contributed by atoms with Crippen molar-refractivity contribution in [1.82, 2.24) is 0 Å². The summed E-state index contributed by atoms with van der Waals surface area (Å²) in [5.74, 6) is 0.406. The molecule has 1 aliphatic heterocycles. The molecule has 0 saturated heterocycles. The molecule has 0 aliphatic carbocycles. The highest BCUT2D eigenvalue weighted by Gasteiger charge is 2.28. The van der Waals surface area contributed by atoms with Gasteiger partial charge in [0.05, 0.1) is 11.5 Å². The van der Waals surface area contributed by atoms with Crippen LogP contribution in [-0.2, 0) is 27.7 Å². The minimum absolute atomic E-state index is 0.299. The Bertz CT molecular complexity index is 869. The van der Waals surface area contributed by atoms with Crippen LogP contribution in [0.4, 0.5) is 5.69 Å². The van der Waals surface area contributed by atoms with Crippen molar-refractivity contribution in [3.63, 3.8) is 0 Å². The third kappa shape index (κ3) is 3.89. The van der Waals surface area contributed by atoms with E-state index in [-0.39, 0.29) is 0 Å². The number of rotatable bonds is 6. The van der Waals surface area contributed by atoms with Gasteiger partial charge in [-0.3, -0.25) is 4.72 Å². The summed E-state index contributed by atoms with van der Waals surface area (Å²) in [4.78, 5) is 0.299. The molecule has 2 aromatic carbocycles. The van der Waals surface area contributed by atoms with E-state index in [2.05, 4.69) is 18.6 Å². The Morgan fingerprint density at radius 2 is 2.04 bits per heavy atom. The van der Waals surface area contributed by atoms with Gasteiger partial charge in [-0.1, -0.05) is 44.5 Å². The topological polar surface area (TPSA) is 75.6 Å². The highest BCUT2D eigenvalue weighted by atomic mass is 32.2. The number of anilines is 1. The molecule has 0 spiro atoms. The second-order valence-electron chi connectivity index (χ2n) is 6.51. The van der Waals surface area contributed by atoms with Gasteiger partial charge >= 0.3 is 7.12 Å². The number of benzene rings is 2. The fourth-order valence-electron chi connectivity index (χ4n) is 2.94. The molecule has 1 heterocycles. The Hall–Kier alpha value is -1.83. The zero-order valence-corrected chi connectivity index (χ0v) is 15.2. The maximum atomic E-state index is 12.9. The first-order valence-electron chi connectivity index (χ1n) is 8.44. The molecule has 3 rings (SSSR count). The predicted molar refractivity (Wildman–Crippen MR) is 99.2 cm³/mol. The number of nitrogens with one attached hydrogen (secondary N) is 1. The third-order valence-electron chi connectivity index (χ3n) is 4.59. The molecule has 0 bridgehead atoms. The van der Waals surface area contributed by atoms with Gasteiger partial charge < -0.3 is 9.68 Å². The number of hydrogen-bond acceptors (Lipinski definition) is 4. The van der Waals surface area contributed by atoms with Crippen LogP contribution in [0.15, 0.2) is 47.4 Å². The van der Waals surface area contributed by atoms with Crippen molar-refractivity contribution in [3.8, 4) is 0 Å². The molecule has 5 nitrogen and oxygen atoms in total. The molecule has 0 aromatic heterocycles. The lowest BCUT2D eigenvalue weighted by Gasteiger charge is -2.15. The molecular formula is C18H22BNO4S. The summed E-state index contributed by atoms with van der Waals surface area (Å²) in [6, 6.07) is 12.2. The Labute approximate surface area is 149 Å². The van der Waals surface area contributed by atoms with Crippen LogP contribution >= 0.6 is 0 Å². The highest BCUT2D eigenvalue weighted by Crippen LogP contribution is 2.23. The maximum Gasteiger partial charge on any atom is 0.491 e. The fraction of sp³-hybridized carbons (Fsp3) is 0.333. The first-order chi connectivity index (χ1) is 11.9. The summed E-state index contributed by atoms with van der Waals surface area (Å²) >= 11 is 0. The summed E-state index contributed by atoms with van der Waals surface area (Å²) in [5, 5.41) is 9.79.